The molecule has 92 valence electrons. The maximum Gasteiger partial charge on any atom is 0.265 e. The summed E-state index contributed by atoms with van der Waals surface area (Å²) >= 11 is 3.41. The van der Waals surface area contributed by atoms with Crippen LogP contribution in [0.3, 0.4) is 0 Å². The van der Waals surface area contributed by atoms with E-state index in [1.165, 1.54) is 0 Å². The van der Waals surface area contributed by atoms with E-state index in [0.717, 1.165) is 42.6 Å². The Kier molecular flexibility index (Phi) is 4.42. The van der Waals surface area contributed by atoms with Crippen molar-refractivity contribution in [3.63, 3.8) is 0 Å². The number of benzene rings is 1. The van der Waals surface area contributed by atoms with Crippen LogP contribution in [0.15, 0.2) is 24.3 Å². The van der Waals surface area contributed by atoms with E-state index in [1.807, 2.05) is 29.2 Å². The molecule has 0 spiro atoms. The Balaban J connectivity index is 2.02. The molecule has 0 radical (unpaired) electrons. The smallest absolute Gasteiger partial charge is 0.265 e. The molecule has 1 aliphatic heterocycles. The Morgan fingerprint density at radius 2 is 2.06 bits per heavy atom. The quantitative estimate of drug-likeness (QED) is 0.618. The highest BCUT2D eigenvalue weighted by Crippen LogP contribution is 2.31. The van der Waals surface area contributed by atoms with Crippen LogP contribution in [0.25, 0.3) is 0 Å². The van der Waals surface area contributed by atoms with Gasteiger partial charge in [0.25, 0.3) is 5.91 Å². The second-order valence-electron chi connectivity index (χ2n) is 4.05. The van der Waals surface area contributed by atoms with Gasteiger partial charge in [0.15, 0.2) is 6.61 Å². The van der Waals surface area contributed by atoms with E-state index in [-0.39, 0.29) is 12.5 Å². The Bertz CT molecular complexity index is 395. The number of para-hydroxylation sites is 2. The van der Waals surface area contributed by atoms with Gasteiger partial charge in [0.1, 0.15) is 5.75 Å². The molecule has 0 N–H and O–H groups in total. The number of rotatable bonds is 5. The van der Waals surface area contributed by atoms with E-state index in [0.29, 0.717) is 0 Å². The molecule has 0 fully saturated rings. The number of hydrogen-bond acceptors (Lipinski definition) is 2. The number of carbonyl (C=O) groups is 1. The molecule has 0 aromatic heterocycles. The van der Waals surface area contributed by atoms with Crippen molar-refractivity contribution in [3.05, 3.63) is 24.3 Å². The van der Waals surface area contributed by atoms with Crippen molar-refractivity contribution < 1.29 is 9.53 Å². The van der Waals surface area contributed by atoms with Gasteiger partial charge in [-0.2, -0.15) is 0 Å². The van der Waals surface area contributed by atoms with Crippen molar-refractivity contribution in [1.82, 2.24) is 0 Å². The van der Waals surface area contributed by atoms with Gasteiger partial charge in [-0.05, 0) is 25.0 Å². The lowest BCUT2D eigenvalue weighted by atomic mass is 10.2. The Hall–Kier alpha value is -1.03. The Labute approximate surface area is 110 Å². The minimum Gasteiger partial charge on any atom is -0.482 e. The Morgan fingerprint density at radius 1 is 1.24 bits per heavy atom. The van der Waals surface area contributed by atoms with E-state index >= 15 is 0 Å². The summed E-state index contributed by atoms with van der Waals surface area (Å²) in [5.41, 5.74) is 0.905. The van der Waals surface area contributed by atoms with Crippen molar-refractivity contribution in [2.24, 2.45) is 0 Å². The standard InChI is InChI=1S/C13H16BrNO2/c14-8-4-1-5-9-15-11-6-2-3-7-12(11)17-10-13(15)16/h2-3,6-7H,1,4-5,8-10H2. The summed E-state index contributed by atoms with van der Waals surface area (Å²) < 4.78 is 5.39. The van der Waals surface area contributed by atoms with Crippen LogP contribution >= 0.6 is 15.9 Å². The number of carbonyl (C=O) groups excluding carboxylic acids is 1. The first-order chi connectivity index (χ1) is 8.33. The second kappa shape index (κ2) is 6.05. The molecule has 1 aromatic carbocycles. The average molecular weight is 298 g/mol. The molecule has 0 atom stereocenters. The molecule has 0 bridgehead atoms. The number of alkyl halides is 1. The largest absolute Gasteiger partial charge is 0.482 e. The fraction of sp³-hybridized carbons (Fsp3) is 0.462. The second-order valence-corrected chi connectivity index (χ2v) is 4.84. The van der Waals surface area contributed by atoms with Crippen LogP contribution in [0.5, 0.6) is 5.75 Å². The molecule has 0 saturated heterocycles. The average Bonchev–Trinajstić information content (AvgIpc) is 2.37. The fourth-order valence-corrected chi connectivity index (χ4v) is 2.34. The zero-order chi connectivity index (χ0) is 12.1. The molecule has 1 heterocycles. The SMILES string of the molecule is O=C1COc2ccccc2N1CCCCCBr. The predicted molar refractivity (Wildman–Crippen MR) is 71.9 cm³/mol. The summed E-state index contributed by atoms with van der Waals surface area (Å²) in [4.78, 5) is 13.7. The first-order valence-electron chi connectivity index (χ1n) is 5.91. The number of halogens is 1. The van der Waals surface area contributed by atoms with E-state index in [9.17, 15) is 4.79 Å². The van der Waals surface area contributed by atoms with Crippen LogP contribution < -0.4 is 9.64 Å². The first-order valence-corrected chi connectivity index (χ1v) is 7.03. The summed E-state index contributed by atoms with van der Waals surface area (Å²) in [5, 5.41) is 1.03. The topological polar surface area (TPSA) is 29.5 Å². The van der Waals surface area contributed by atoms with Crippen molar-refractivity contribution in [2.75, 3.05) is 23.4 Å². The zero-order valence-electron chi connectivity index (χ0n) is 9.69. The minimum absolute atomic E-state index is 0.0579. The number of anilines is 1. The third kappa shape index (κ3) is 3.00. The third-order valence-corrected chi connectivity index (χ3v) is 3.38. The molecule has 0 aliphatic carbocycles. The number of amides is 1. The highest BCUT2D eigenvalue weighted by molar-refractivity contribution is 9.09. The van der Waals surface area contributed by atoms with Crippen molar-refractivity contribution in [1.29, 1.82) is 0 Å². The summed E-state index contributed by atoms with van der Waals surface area (Å²) in [6.45, 7) is 0.946. The van der Waals surface area contributed by atoms with Gasteiger partial charge in [-0.3, -0.25) is 4.79 Å². The van der Waals surface area contributed by atoms with Crippen molar-refractivity contribution in [2.45, 2.75) is 19.3 Å². The molecule has 1 aliphatic rings. The van der Waals surface area contributed by atoms with Crippen LogP contribution in [0.2, 0.25) is 0 Å². The van der Waals surface area contributed by atoms with Crippen LogP contribution in [0.4, 0.5) is 5.69 Å². The highest BCUT2D eigenvalue weighted by atomic mass is 79.9. The summed E-state index contributed by atoms with van der Waals surface area (Å²) in [6, 6.07) is 7.72. The first kappa shape index (κ1) is 12.4. The van der Waals surface area contributed by atoms with Gasteiger partial charge in [0, 0.05) is 11.9 Å². The van der Waals surface area contributed by atoms with Gasteiger partial charge in [0.2, 0.25) is 0 Å². The maximum atomic E-state index is 11.8. The number of nitrogens with zero attached hydrogens (tertiary/aromatic N) is 1. The van der Waals surface area contributed by atoms with E-state index in [1.54, 1.807) is 0 Å². The number of hydrogen-bond donors (Lipinski definition) is 0. The van der Waals surface area contributed by atoms with E-state index in [2.05, 4.69) is 15.9 Å². The molecule has 0 saturated carbocycles. The van der Waals surface area contributed by atoms with Crippen LogP contribution in [-0.4, -0.2) is 24.4 Å². The minimum atomic E-state index is 0.0579. The van der Waals surface area contributed by atoms with E-state index < -0.39 is 0 Å². The van der Waals surface area contributed by atoms with Gasteiger partial charge in [-0.25, -0.2) is 0 Å². The molecule has 2 rings (SSSR count). The predicted octanol–water partition coefficient (Wildman–Crippen LogP) is 2.98. The zero-order valence-corrected chi connectivity index (χ0v) is 11.3. The monoisotopic (exact) mass is 297 g/mol. The number of ether oxygens (including phenoxy) is 1. The number of unbranched alkanes of at least 4 members (excludes halogenated alkanes) is 2. The lowest BCUT2D eigenvalue weighted by Gasteiger charge is -2.29. The molecule has 17 heavy (non-hydrogen) atoms. The van der Waals surface area contributed by atoms with Gasteiger partial charge in [-0.1, -0.05) is 34.5 Å². The van der Waals surface area contributed by atoms with Crippen molar-refractivity contribution >= 4 is 27.5 Å². The summed E-state index contributed by atoms with van der Waals surface area (Å²) in [7, 11) is 0. The number of fused-ring (bicyclic) bond motifs is 1. The summed E-state index contributed by atoms with van der Waals surface area (Å²) in [6.07, 6.45) is 3.32. The molecular formula is C13H16BrNO2. The van der Waals surface area contributed by atoms with Gasteiger partial charge < -0.3 is 9.64 Å². The van der Waals surface area contributed by atoms with Crippen LogP contribution in [-0.2, 0) is 4.79 Å². The lowest BCUT2D eigenvalue weighted by Crippen LogP contribution is -2.39. The third-order valence-electron chi connectivity index (χ3n) is 2.82. The Morgan fingerprint density at radius 3 is 2.88 bits per heavy atom. The lowest BCUT2D eigenvalue weighted by molar-refractivity contribution is -0.121. The van der Waals surface area contributed by atoms with Gasteiger partial charge in [-0.15, -0.1) is 0 Å². The molecule has 4 heteroatoms. The molecule has 1 amide bonds. The fourth-order valence-electron chi connectivity index (χ4n) is 1.94. The van der Waals surface area contributed by atoms with Crippen LogP contribution in [0, 0.1) is 0 Å². The van der Waals surface area contributed by atoms with Gasteiger partial charge in [0.05, 0.1) is 5.69 Å². The molecule has 1 aromatic rings. The maximum absolute atomic E-state index is 11.8. The van der Waals surface area contributed by atoms with Crippen molar-refractivity contribution in [3.8, 4) is 5.75 Å². The highest BCUT2D eigenvalue weighted by Gasteiger charge is 2.24. The molecule has 3 nitrogen and oxygen atoms in total. The van der Waals surface area contributed by atoms with Gasteiger partial charge >= 0.3 is 0 Å². The normalized spacial score (nSPS) is 14.4. The van der Waals surface area contributed by atoms with E-state index in [4.69, 9.17) is 4.74 Å². The summed E-state index contributed by atoms with van der Waals surface area (Å²) in [5.74, 6) is 0.870. The van der Waals surface area contributed by atoms with Crippen LogP contribution in [0.1, 0.15) is 19.3 Å². The molecular weight excluding hydrogens is 282 g/mol. The molecule has 0 unspecified atom stereocenters.